The van der Waals surface area contributed by atoms with Crippen LogP contribution in [0.4, 0.5) is 0 Å². The molecule has 2 atom stereocenters. The first-order valence-electron chi connectivity index (χ1n) is 6.53. The summed E-state index contributed by atoms with van der Waals surface area (Å²) in [4.78, 5) is 0.152. The quantitative estimate of drug-likeness (QED) is 0.875. The Morgan fingerprint density at radius 2 is 2.20 bits per heavy atom. The lowest BCUT2D eigenvalue weighted by molar-refractivity contribution is 0.243. The first-order valence-corrected chi connectivity index (χ1v) is 9.14. The van der Waals surface area contributed by atoms with E-state index >= 15 is 0 Å². The number of hydrogen-bond acceptors (Lipinski definition) is 3. The van der Waals surface area contributed by atoms with Crippen LogP contribution < -0.4 is 5.73 Å². The molecule has 0 unspecified atom stereocenters. The summed E-state index contributed by atoms with van der Waals surface area (Å²) < 4.78 is 27.6. The minimum atomic E-state index is -3.57. The highest BCUT2D eigenvalue weighted by Gasteiger charge is 2.32. The number of nitrogens with zero attached hydrogens (tertiary/aromatic N) is 1. The van der Waals surface area contributed by atoms with Gasteiger partial charge >= 0.3 is 0 Å². The van der Waals surface area contributed by atoms with E-state index in [0.29, 0.717) is 17.6 Å². The maximum absolute atomic E-state index is 12.7. The molecule has 1 heterocycles. The zero-order valence-corrected chi connectivity index (χ0v) is 14.4. The summed E-state index contributed by atoms with van der Waals surface area (Å²) in [6, 6.07) is 4.85. The van der Waals surface area contributed by atoms with E-state index in [9.17, 15) is 8.42 Å². The summed E-state index contributed by atoms with van der Waals surface area (Å²) in [5.74, 6) is 0.199. The molecule has 0 spiro atoms. The van der Waals surface area contributed by atoms with Crippen molar-refractivity contribution in [3.8, 4) is 0 Å². The molecule has 20 heavy (non-hydrogen) atoms. The Kier molecular flexibility index (Phi) is 5.13. The van der Waals surface area contributed by atoms with Gasteiger partial charge in [-0.05, 0) is 43.9 Å². The standard InChI is InChI=1S/C13H18BrClN2O2S/c1-9(16)10-3-2-6-17(8-10)20(18,19)13-7-11(14)4-5-12(13)15/h4-5,7,9-10H,2-3,6,8,16H2,1H3/t9-,10-/m1/s1. The van der Waals surface area contributed by atoms with E-state index in [1.807, 2.05) is 6.92 Å². The molecule has 0 bridgehead atoms. The lowest BCUT2D eigenvalue weighted by atomic mass is 9.93. The molecular weight excluding hydrogens is 364 g/mol. The van der Waals surface area contributed by atoms with Crippen molar-refractivity contribution in [1.29, 1.82) is 0 Å². The summed E-state index contributed by atoms with van der Waals surface area (Å²) in [7, 11) is -3.57. The molecule has 112 valence electrons. The van der Waals surface area contributed by atoms with Crippen molar-refractivity contribution in [2.75, 3.05) is 13.1 Å². The molecular formula is C13H18BrClN2O2S. The maximum Gasteiger partial charge on any atom is 0.244 e. The second kappa shape index (κ2) is 6.32. The number of rotatable bonds is 3. The minimum Gasteiger partial charge on any atom is -0.328 e. The molecule has 1 saturated heterocycles. The molecule has 0 radical (unpaired) electrons. The van der Waals surface area contributed by atoms with E-state index < -0.39 is 10.0 Å². The van der Waals surface area contributed by atoms with Gasteiger partial charge in [-0.25, -0.2) is 8.42 Å². The Labute approximate surface area is 133 Å². The first-order chi connectivity index (χ1) is 9.32. The predicted molar refractivity (Wildman–Crippen MR) is 84.3 cm³/mol. The van der Waals surface area contributed by atoms with Crippen molar-refractivity contribution >= 4 is 37.6 Å². The van der Waals surface area contributed by atoms with Gasteiger partial charge in [-0.2, -0.15) is 4.31 Å². The van der Waals surface area contributed by atoms with Gasteiger partial charge in [0.05, 0.1) is 5.02 Å². The average Bonchev–Trinajstić information content (AvgIpc) is 2.41. The van der Waals surface area contributed by atoms with Crippen LogP contribution in [0, 0.1) is 5.92 Å². The van der Waals surface area contributed by atoms with Gasteiger partial charge in [0.15, 0.2) is 0 Å². The number of piperidine rings is 1. The Bertz CT molecular complexity index is 592. The maximum atomic E-state index is 12.7. The molecule has 1 fully saturated rings. The highest BCUT2D eigenvalue weighted by molar-refractivity contribution is 9.10. The Balaban J connectivity index is 2.32. The van der Waals surface area contributed by atoms with Crippen LogP contribution in [0.5, 0.6) is 0 Å². The molecule has 1 aliphatic rings. The third-order valence-corrected chi connectivity index (χ3v) is 6.52. The van der Waals surface area contributed by atoms with Crippen LogP contribution in [-0.2, 0) is 10.0 Å². The summed E-state index contributed by atoms with van der Waals surface area (Å²) >= 11 is 9.33. The van der Waals surface area contributed by atoms with Gasteiger partial charge in [-0.1, -0.05) is 27.5 Å². The van der Waals surface area contributed by atoms with Crippen molar-refractivity contribution in [3.05, 3.63) is 27.7 Å². The van der Waals surface area contributed by atoms with Gasteiger partial charge < -0.3 is 5.73 Å². The van der Waals surface area contributed by atoms with Crippen LogP contribution in [0.1, 0.15) is 19.8 Å². The molecule has 1 aliphatic heterocycles. The van der Waals surface area contributed by atoms with Crippen LogP contribution in [0.2, 0.25) is 5.02 Å². The third kappa shape index (κ3) is 3.36. The van der Waals surface area contributed by atoms with Gasteiger partial charge in [0.2, 0.25) is 10.0 Å². The van der Waals surface area contributed by atoms with E-state index in [2.05, 4.69) is 15.9 Å². The van der Waals surface area contributed by atoms with E-state index in [4.69, 9.17) is 17.3 Å². The SMILES string of the molecule is C[C@@H](N)[C@@H]1CCCN(S(=O)(=O)c2cc(Br)ccc2Cl)C1. The second-order valence-corrected chi connectivity index (χ2v) is 8.43. The van der Waals surface area contributed by atoms with E-state index in [1.54, 1.807) is 18.2 Å². The number of nitrogens with two attached hydrogens (primary N) is 1. The third-order valence-electron chi connectivity index (χ3n) is 3.68. The summed E-state index contributed by atoms with van der Waals surface area (Å²) in [6.45, 7) is 2.91. The van der Waals surface area contributed by atoms with E-state index in [-0.39, 0.29) is 21.9 Å². The lowest BCUT2D eigenvalue weighted by Gasteiger charge is -2.33. The number of halogens is 2. The fraction of sp³-hybridized carbons (Fsp3) is 0.538. The highest BCUT2D eigenvalue weighted by Crippen LogP contribution is 2.30. The lowest BCUT2D eigenvalue weighted by Crippen LogP contribution is -2.45. The second-order valence-electron chi connectivity index (χ2n) is 5.20. The summed E-state index contributed by atoms with van der Waals surface area (Å²) in [5.41, 5.74) is 5.91. The number of sulfonamides is 1. The van der Waals surface area contributed by atoms with Crippen LogP contribution in [0.15, 0.2) is 27.6 Å². The zero-order chi connectivity index (χ0) is 14.9. The molecule has 0 aromatic heterocycles. The molecule has 2 N–H and O–H groups in total. The Morgan fingerprint density at radius 3 is 2.85 bits per heavy atom. The molecule has 1 aromatic rings. The Hall–Kier alpha value is -0.140. The van der Waals surface area contributed by atoms with Gasteiger partial charge in [0.25, 0.3) is 0 Å². The first kappa shape index (κ1) is 16.2. The molecule has 0 aliphatic carbocycles. The fourth-order valence-corrected chi connectivity index (χ4v) is 4.98. The van der Waals surface area contributed by atoms with Crippen LogP contribution >= 0.6 is 27.5 Å². The predicted octanol–water partition coefficient (Wildman–Crippen LogP) is 2.85. The summed E-state index contributed by atoms with van der Waals surface area (Å²) in [5, 5.41) is 0.246. The van der Waals surface area contributed by atoms with Crippen molar-refractivity contribution in [2.24, 2.45) is 11.7 Å². The zero-order valence-electron chi connectivity index (χ0n) is 11.2. The smallest absolute Gasteiger partial charge is 0.244 e. The normalized spacial score (nSPS) is 22.7. The topological polar surface area (TPSA) is 63.4 Å². The van der Waals surface area contributed by atoms with Crippen molar-refractivity contribution in [3.63, 3.8) is 0 Å². The molecule has 7 heteroatoms. The Morgan fingerprint density at radius 1 is 1.50 bits per heavy atom. The fourth-order valence-electron chi connectivity index (χ4n) is 2.44. The van der Waals surface area contributed by atoms with Crippen LogP contribution in [0.25, 0.3) is 0 Å². The van der Waals surface area contributed by atoms with Crippen molar-refractivity contribution in [2.45, 2.75) is 30.7 Å². The molecule has 1 aromatic carbocycles. The molecule has 0 saturated carbocycles. The van der Waals surface area contributed by atoms with Gasteiger partial charge in [-0.3, -0.25) is 0 Å². The van der Waals surface area contributed by atoms with Crippen molar-refractivity contribution < 1.29 is 8.42 Å². The highest BCUT2D eigenvalue weighted by atomic mass is 79.9. The average molecular weight is 382 g/mol. The van der Waals surface area contributed by atoms with Crippen LogP contribution in [-0.4, -0.2) is 31.9 Å². The summed E-state index contributed by atoms with van der Waals surface area (Å²) in [6.07, 6.45) is 1.80. The molecule has 2 rings (SSSR count). The molecule has 0 amide bonds. The van der Waals surface area contributed by atoms with E-state index in [1.165, 1.54) is 4.31 Å². The van der Waals surface area contributed by atoms with E-state index in [0.717, 1.165) is 12.8 Å². The van der Waals surface area contributed by atoms with Crippen LogP contribution in [0.3, 0.4) is 0 Å². The monoisotopic (exact) mass is 380 g/mol. The van der Waals surface area contributed by atoms with Gasteiger partial charge in [-0.15, -0.1) is 0 Å². The van der Waals surface area contributed by atoms with Gasteiger partial charge in [0.1, 0.15) is 4.90 Å². The number of hydrogen-bond donors (Lipinski definition) is 1. The number of benzene rings is 1. The molecule has 4 nitrogen and oxygen atoms in total. The minimum absolute atomic E-state index is 0.00835. The largest absolute Gasteiger partial charge is 0.328 e. The van der Waals surface area contributed by atoms with Crippen molar-refractivity contribution in [1.82, 2.24) is 4.31 Å². The van der Waals surface area contributed by atoms with Gasteiger partial charge in [0, 0.05) is 23.6 Å².